The molecule has 1 aromatic carbocycles. The van der Waals surface area contributed by atoms with Crippen LogP contribution in [0.15, 0.2) is 47.7 Å². The molecule has 32 heavy (non-hydrogen) atoms. The van der Waals surface area contributed by atoms with Crippen LogP contribution in [0.1, 0.15) is 48.3 Å². The van der Waals surface area contributed by atoms with Gasteiger partial charge in [-0.3, -0.25) is 9.79 Å². The summed E-state index contributed by atoms with van der Waals surface area (Å²) in [5.74, 6) is -1.26. The maximum Gasteiger partial charge on any atom is 0.274 e. The molecule has 0 saturated heterocycles. The Kier molecular flexibility index (Phi) is 6.30. The second-order valence-corrected chi connectivity index (χ2v) is 6.95. The minimum atomic E-state index is -1.14. The summed E-state index contributed by atoms with van der Waals surface area (Å²) in [7, 11) is 0. The van der Waals surface area contributed by atoms with Crippen molar-refractivity contribution in [1.29, 1.82) is 5.26 Å². The molecular formula is C22H21F2N7O. The first-order chi connectivity index (χ1) is 15.3. The number of nitrogens with two attached hydrogens (primary N) is 1. The molecule has 0 radical (unpaired) electrons. The van der Waals surface area contributed by atoms with Crippen LogP contribution in [0, 0.1) is 23.0 Å². The molecule has 0 fully saturated rings. The fourth-order valence-electron chi connectivity index (χ4n) is 3.35. The molecule has 10 heteroatoms. The third-order valence-electron chi connectivity index (χ3n) is 4.80. The molecule has 1 aliphatic heterocycles. The number of anilines is 1. The number of carbonyl (C=O) groups excluding carboxylic acids is 1. The van der Waals surface area contributed by atoms with E-state index in [4.69, 9.17) is 5.73 Å². The Labute approximate surface area is 183 Å². The normalized spacial score (nSPS) is 16.7. The molecule has 0 saturated carbocycles. The number of hydrogen-bond donors (Lipinski definition) is 2. The lowest BCUT2D eigenvalue weighted by Gasteiger charge is -2.32. The third kappa shape index (κ3) is 4.18. The summed E-state index contributed by atoms with van der Waals surface area (Å²) >= 11 is 0. The summed E-state index contributed by atoms with van der Waals surface area (Å²) in [6.07, 6.45) is 2.31. The van der Waals surface area contributed by atoms with Crippen LogP contribution in [0.2, 0.25) is 0 Å². The zero-order chi connectivity index (χ0) is 23.5. The quantitative estimate of drug-likeness (QED) is 0.651. The van der Waals surface area contributed by atoms with Gasteiger partial charge in [-0.05, 0) is 37.3 Å². The lowest BCUT2D eigenvalue weighted by molar-refractivity contribution is 0.102. The molecule has 1 atom stereocenters. The Balaban J connectivity index is 0.00000141. The van der Waals surface area contributed by atoms with E-state index in [1.807, 2.05) is 19.9 Å². The highest BCUT2D eigenvalue weighted by Gasteiger charge is 2.36. The van der Waals surface area contributed by atoms with Gasteiger partial charge in [-0.2, -0.15) is 5.26 Å². The second-order valence-electron chi connectivity index (χ2n) is 6.95. The predicted octanol–water partition coefficient (Wildman–Crippen LogP) is 3.34. The minimum absolute atomic E-state index is 0.00939. The fourth-order valence-corrected chi connectivity index (χ4v) is 3.35. The average molecular weight is 437 g/mol. The number of carbonyl (C=O) groups is 1. The van der Waals surface area contributed by atoms with Crippen LogP contribution in [0.3, 0.4) is 0 Å². The molecule has 3 N–H and O–H groups in total. The highest BCUT2D eigenvalue weighted by molar-refractivity contribution is 6.02. The van der Waals surface area contributed by atoms with E-state index in [1.165, 1.54) is 30.5 Å². The number of hydrogen-bond acceptors (Lipinski definition) is 6. The molecule has 4 rings (SSSR count). The summed E-state index contributed by atoms with van der Waals surface area (Å²) in [5, 5.41) is 11.9. The summed E-state index contributed by atoms with van der Waals surface area (Å²) in [6, 6.07) is 8.43. The van der Waals surface area contributed by atoms with E-state index in [2.05, 4.69) is 20.3 Å². The van der Waals surface area contributed by atoms with Crippen LogP contribution in [0.4, 0.5) is 14.5 Å². The fraction of sp³-hybridized carbons (Fsp3) is 0.227. The number of benzene rings is 1. The molecule has 0 aliphatic carbocycles. The maximum atomic E-state index is 14.7. The van der Waals surface area contributed by atoms with Crippen LogP contribution in [-0.2, 0) is 12.1 Å². The van der Waals surface area contributed by atoms with Crippen LogP contribution in [-0.4, -0.2) is 26.3 Å². The lowest BCUT2D eigenvalue weighted by Crippen LogP contribution is -2.38. The van der Waals surface area contributed by atoms with Crippen molar-refractivity contribution >= 4 is 17.4 Å². The first-order valence-electron chi connectivity index (χ1n) is 9.85. The van der Waals surface area contributed by atoms with Gasteiger partial charge in [0.1, 0.15) is 34.6 Å². The van der Waals surface area contributed by atoms with Gasteiger partial charge in [0.15, 0.2) is 11.7 Å². The number of aliphatic imine (C=N–C) groups is 1. The molecule has 1 amide bonds. The number of amidine groups is 1. The largest absolute Gasteiger partial charge is 0.381 e. The van der Waals surface area contributed by atoms with Crippen molar-refractivity contribution in [2.24, 2.45) is 10.7 Å². The van der Waals surface area contributed by atoms with Crippen molar-refractivity contribution in [3.63, 3.8) is 0 Å². The molecule has 0 bridgehead atoms. The predicted molar refractivity (Wildman–Crippen MR) is 115 cm³/mol. The number of pyridine rings is 1. The molecule has 3 aromatic rings. The zero-order valence-electron chi connectivity index (χ0n) is 17.7. The lowest BCUT2D eigenvalue weighted by atomic mass is 9.90. The topological polar surface area (TPSA) is 122 Å². The van der Waals surface area contributed by atoms with E-state index >= 15 is 0 Å². The minimum Gasteiger partial charge on any atom is -0.381 e. The first-order valence-corrected chi connectivity index (χ1v) is 9.85. The number of halogens is 2. The Hall–Kier alpha value is -4.13. The van der Waals surface area contributed by atoms with Crippen molar-refractivity contribution in [3.8, 4) is 6.07 Å². The molecule has 8 nitrogen and oxygen atoms in total. The number of rotatable bonds is 3. The van der Waals surface area contributed by atoms with Gasteiger partial charge < -0.3 is 15.6 Å². The molecule has 2 aromatic heterocycles. The summed E-state index contributed by atoms with van der Waals surface area (Å²) < 4.78 is 29.3. The molecule has 1 aliphatic rings. The average Bonchev–Trinajstić information content (AvgIpc) is 3.19. The number of nitriles is 1. The van der Waals surface area contributed by atoms with Crippen LogP contribution >= 0.6 is 0 Å². The Morgan fingerprint density at radius 2 is 1.97 bits per heavy atom. The summed E-state index contributed by atoms with van der Waals surface area (Å²) in [4.78, 5) is 24.6. The van der Waals surface area contributed by atoms with Crippen molar-refractivity contribution in [3.05, 3.63) is 77.1 Å². The Morgan fingerprint density at radius 1 is 1.22 bits per heavy atom. The highest BCUT2D eigenvalue weighted by Crippen LogP contribution is 2.35. The highest BCUT2D eigenvalue weighted by atomic mass is 19.1. The number of aromatic nitrogens is 3. The maximum absolute atomic E-state index is 14.7. The van der Waals surface area contributed by atoms with Gasteiger partial charge in [0, 0.05) is 11.3 Å². The Bertz CT molecular complexity index is 1230. The van der Waals surface area contributed by atoms with Crippen LogP contribution < -0.4 is 11.1 Å². The summed E-state index contributed by atoms with van der Waals surface area (Å²) in [6.45, 7) is 5.81. The van der Waals surface area contributed by atoms with Crippen LogP contribution in [0.25, 0.3) is 0 Å². The van der Waals surface area contributed by atoms with E-state index in [9.17, 15) is 18.8 Å². The van der Waals surface area contributed by atoms with Crippen molar-refractivity contribution in [2.75, 3.05) is 5.32 Å². The smallest absolute Gasteiger partial charge is 0.274 e. The second kappa shape index (κ2) is 8.93. The zero-order valence-corrected chi connectivity index (χ0v) is 17.7. The van der Waals surface area contributed by atoms with Crippen molar-refractivity contribution in [2.45, 2.75) is 32.9 Å². The number of nitrogens with one attached hydrogen (secondary N) is 1. The summed E-state index contributed by atoms with van der Waals surface area (Å²) in [5.41, 5.74) is 5.64. The number of fused-ring (bicyclic) bond motifs is 1. The Morgan fingerprint density at radius 3 is 2.62 bits per heavy atom. The van der Waals surface area contributed by atoms with Gasteiger partial charge in [-0.25, -0.2) is 18.7 Å². The molecule has 3 heterocycles. The number of amides is 1. The van der Waals surface area contributed by atoms with E-state index in [0.717, 1.165) is 12.3 Å². The number of imidazole rings is 1. The van der Waals surface area contributed by atoms with Crippen LogP contribution in [0.5, 0.6) is 0 Å². The molecule has 164 valence electrons. The van der Waals surface area contributed by atoms with E-state index in [-0.39, 0.29) is 29.3 Å². The van der Waals surface area contributed by atoms with Gasteiger partial charge in [0.2, 0.25) is 0 Å². The van der Waals surface area contributed by atoms with Crippen molar-refractivity contribution < 1.29 is 13.6 Å². The van der Waals surface area contributed by atoms with E-state index in [1.54, 1.807) is 11.5 Å². The molecule has 1 unspecified atom stereocenters. The monoisotopic (exact) mass is 437 g/mol. The van der Waals surface area contributed by atoms with Gasteiger partial charge >= 0.3 is 0 Å². The standard InChI is InChI=1S/C20H15F2N7O.C2H6/c1-20(10-29-13(7-23)9-26-18(29)17(24)28-20)14-6-12(3-4-15(14)22)27-19(30)16-5-2-11(21)8-25-16;1-2/h2-6,8-9H,10H2,1H3,(H2,24,28)(H,27,30);1-2H3. The van der Waals surface area contributed by atoms with Gasteiger partial charge in [0.05, 0.1) is 18.9 Å². The van der Waals surface area contributed by atoms with Crippen molar-refractivity contribution in [1.82, 2.24) is 14.5 Å². The third-order valence-corrected chi connectivity index (χ3v) is 4.80. The SMILES string of the molecule is CC.CC1(c2cc(NC(=O)c3ccc(F)cn3)ccc2F)Cn2c(C#N)cnc2C(N)=N1. The first kappa shape index (κ1) is 22.6. The van der Waals surface area contributed by atoms with E-state index in [0.29, 0.717) is 11.5 Å². The molecule has 0 spiro atoms. The van der Waals surface area contributed by atoms with Gasteiger partial charge in [-0.15, -0.1) is 0 Å². The molecular weight excluding hydrogens is 416 g/mol. The number of nitrogens with zero attached hydrogens (tertiary/aromatic N) is 5. The van der Waals surface area contributed by atoms with Gasteiger partial charge in [-0.1, -0.05) is 13.8 Å². The van der Waals surface area contributed by atoms with E-state index < -0.39 is 23.1 Å². The van der Waals surface area contributed by atoms with Gasteiger partial charge in [0.25, 0.3) is 5.91 Å².